The van der Waals surface area contributed by atoms with Crippen LogP contribution in [0.1, 0.15) is 39.0 Å². The van der Waals surface area contributed by atoms with E-state index in [4.69, 9.17) is 6.42 Å². The van der Waals surface area contributed by atoms with Crippen molar-refractivity contribution in [1.29, 1.82) is 0 Å². The van der Waals surface area contributed by atoms with E-state index in [1.54, 1.807) is 0 Å². The first kappa shape index (κ1) is 9.61. The van der Waals surface area contributed by atoms with Gasteiger partial charge in [0.2, 0.25) is 0 Å². The van der Waals surface area contributed by atoms with E-state index >= 15 is 0 Å². The minimum atomic E-state index is 0.282. The van der Waals surface area contributed by atoms with Gasteiger partial charge in [0, 0.05) is 0 Å². The van der Waals surface area contributed by atoms with Gasteiger partial charge in [0.05, 0.1) is 6.04 Å². The van der Waals surface area contributed by atoms with E-state index in [9.17, 15) is 0 Å². The van der Waals surface area contributed by atoms with Crippen molar-refractivity contribution < 1.29 is 0 Å². The standard InChI is InChI=1S/C11H19N/c1-4-10(12-3)11(5-2)8-6-7-9-11/h1,10,12H,5-9H2,2-3H3. The normalized spacial score (nSPS) is 23.4. The van der Waals surface area contributed by atoms with Gasteiger partial charge in [-0.25, -0.2) is 0 Å². The van der Waals surface area contributed by atoms with Crippen molar-refractivity contribution in [2.75, 3.05) is 7.05 Å². The Morgan fingerprint density at radius 3 is 2.42 bits per heavy atom. The number of rotatable bonds is 3. The van der Waals surface area contributed by atoms with Crippen molar-refractivity contribution in [3.05, 3.63) is 0 Å². The first-order chi connectivity index (χ1) is 5.79. The molecule has 0 saturated heterocycles. The monoisotopic (exact) mass is 165 g/mol. The predicted octanol–water partition coefficient (Wildman–Crippen LogP) is 2.18. The molecule has 0 radical (unpaired) electrons. The maximum absolute atomic E-state index is 5.51. The molecule has 1 nitrogen and oxygen atoms in total. The highest BCUT2D eigenvalue weighted by Crippen LogP contribution is 2.43. The Labute approximate surface area is 75.9 Å². The van der Waals surface area contributed by atoms with Crippen LogP contribution in [0.5, 0.6) is 0 Å². The lowest BCUT2D eigenvalue weighted by molar-refractivity contribution is 0.234. The summed E-state index contributed by atoms with van der Waals surface area (Å²) in [5.41, 5.74) is 0.406. The van der Waals surface area contributed by atoms with Gasteiger partial charge < -0.3 is 5.32 Å². The van der Waals surface area contributed by atoms with Gasteiger partial charge >= 0.3 is 0 Å². The van der Waals surface area contributed by atoms with Crippen molar-refractivity contribution in [3.63, 3.8) is 0 Å². The molecule has 0 aromatic heterocycles. The molecular formula is C11H19N. The van der Waals surface area contributed by atoms with Crippen LogP contribution in [-0.2, 0) is 0 Å². The van der Waals surface area contributed by atoms with Crippen LogP contribution in [0, 0.1) is 17.8 Å². The summed E-state index contributed by atoms with van der Waals surface area (Å²) in [7, 11) is 1.97. The van der Waals surface area contributed by atoms with Gasteiger partial charge in [-0.15, -0.1) is 6.42 Å². The second-order valence-corrected chi connectivity index (χ2v) is 3.81. The number of terminal acetylenes is 1. The Balaban J connectivity index is 2.71. The van der Waals surface area contributed by atoms with Crippen LogP contribution in [0.15, 0.2) is 0 Å². The van der Waals surface area contributed by atoms with Crippen LogP contribution in [0.2, 0.25) is 0 Å². The van der Waals surface area contributed by atoms with Crippen molar-refractivity contribution in [1.82, 2.24) is 5.32 Å². The van der Waals surface area contributed by atoms with Gasteiger partial charge in [0.25, 0.3) is 0 Å². The van der Waals surface area contributed by atoms with Crippen LogP contribution in [-0.4, -0.2) is 13.1 Å². The number of hydrogen-bond acceptors (Lipinski definition) is 1. The van der Waals surface area contributed by atoms with Crippen LogP contribution in [0.3, 0.4) is 0 Å². The van der Waals surface area contributed by atoms with Crippen molar-refractivity contribution in [2.45, 2.75) is 45.1 Å². The second-order valence-electron chi connectivity index (χ2n) is 3.81. The van der Waals surface area contributed by atoms with E-state index in [0.717, 1.165) is 0 Å². The molecule has 1 aliphatic rings. The Hall–Kier alpha value is -0.480. The van der Waals surface area contributed by atoms with Gasteiger partial charge in [-0.3, -0.25) is 0 Å². The molecule has 1 aliphatic carbocycles. The molecular weight excluding hydrogens is 146 g/mol. The average molecular weight is 165 g/mol. The molecule has 1 rings (SSSR count). The maximum Gasteiger partial charge on any atom is 0.0741 e. The van der Waals surface area contributed by atoms with E-state index in [1.807, 2.05) is 7.05 Å². The first-order valence-corrected chi connectivity index (χ1v) is 4.92. The fraction of sp³-hybridized carbons (Fsp3) is 0.818. The van der Waals surface area contributed by atoms with Crippen LogP contribution < -0.4 is 5.32 Å². The van der Waals surface area contributed by atoms with Gasteiger partial charge in [-0.05, 0) is 31.7 Å². The molecule has 0 bridgehead atoms. The van der Waals surface area contributed by atoms with Crippen LogP contribution >= 0.6 is 0 Å². The highest BCUT2D eigenvalue weighted by molar-refractivity contribution is 5.09. The van der Waals surface area contributed by atoms with E-state index in [1.165, 1.54) is 32.1 Å². The molecule has 1 N–H and O–H groups in total. The summed E-state index contributed by atoms with van der Waals surface area (Å²) in [6.45, 7) is 2.26. The summed E-state index contributed by atoms with van der Waals surface area (Å²) >= 11 is 0. The molecule has 1 atom stereocenters. The lowest BCUT2D eigenvalue weighted by Gasteiger charge is -2.33. The van der Waals surface area contributed by atoms with Crippen LogP contribution in [0.25, 0.3) is 0 Å². The van der Waals surface area contributed by atoms with Crippen molar-refractivity contribution in [3.8, 4) is 12.3 Å². The molecule has 0 aromatic rings. The number of hydrogen-bond donors (Lipinski definition) is 1. The minimum absolute atomic E-state index is 0.282. The molecule has 0 amide bonds. The van der Waals surface area contributed by atoms with E-state index < -0.39 is 0 Å². The highest BCUT2D eigenvalue weighted by Gasteiger charge is 2.37. The van der Waals surface area contributed by atoms with Gasteiger partial charge in [0.15, 0.2) is 0 Å². The highest BCUT2D eigenvalue weighted by atomic mass is 14.9. The predicted molar refractivity (Wildman–Crippen MR) is 52.9 cm³/mol. The summed E-state index contributed by atoms with van der Waals surface area (Å²) in [4.78, 5) is 0. The Morgan fingerprint density at radius 1 is 1.50 bits per heavy atom. The maximum atomic E-state index is 5.51. The zero-order chi connectivity index (χ0) is 9.03. The smallest absolute Gasteiger partial charge is 0.0741 e. The average Bonchev–Trinajstić information content (AvgIpc) is 2.56. The largest absolute Gasteiger partial charge is 0.306 e. The minimum Gasteiger partial charge on any atom is -0.306 e. The molecule has 68 valence electrons. The third-order valence-electron chi connectivity index (χ3n) is 3.37. The van der Waals surface area contributed by atoms with Gasteiger partial charge in [-0.1, -0.05) is 25.7 Å². The Bertz CT molecular complexity index is 172. The molecule has 0 spiro atoms. The summed E-state index contributed by atoms with van der Waals surface area (Å²) in [6.07, 6.45) is 12.0. The lowest BCUT2D eigenvalue weighted by atomic mass is 9.76. The van der Waals surface area contributed by atoms with Crippen molar-refractivity contribution >= 4 is 0 Å². The Morgan fingerprint density at radius 2 is 2.08 bits per heavy atom. The fourth-order valence-electron chi connectivity index (χ4n) is 2.49. The van der Waals surface area contributed by atoms with E-state index in [2.05, 4.69) is 18.2 Å². The van der Waals surface area contributed by atoms with Crippen LogP contribution in [0.4, 0.5) is 0 Å². The Kier molecular flexibility index (Phi) is 3.17. The zero-order valence-corrected chi connectivity index (χ0v) is 8.19. The summed E-state index contributed by atoms with van der Waals surface area (Å²) in [5, 5.41) is 3.25. The van der Waals surface area contributed by atoms with E-state index in [-0.39, 0.29) is 6.04 Å². The zero-order valence-electron chi connectivity index (χ0n) is 8.19. The topological polar surface area (TPSA) is 12.0 Å². The van der Waals surface area contributed by atoms with Gasteiger partial charge in [0.1, 0.15) is 0 Å². The molecule has 1 heteroatoms. The molecule has 0 aliphatic heterocycles. The molecule has 0 heterocycles. The molecule has 1 saturated carbocycles. The van der Waals surface area contributed by atoms with Gasteiger partial charge in [-0.2, -0.15) is 0 Å². The molecule has 0 aromatic carbocycles. The molecule has 1 unspecified atom stereocenters. The van der Waals surface area contributed by atoms with Crippen molar-refractivity contribution in [2.24, 2.45) is 5.41 Å². The summed E-state index contributed by atoms with van der Waals surface area (Å²) in [5.74, 6) is 2.87. The first-order valence-electron chi connectivity index (χ1n) is 4.92. The third kappa shape index (κ3) is 1.49. The summed E-state index contributed by atoms with van der Waals surface area (Å²) < 4.78 is 0. The quantitative estimate of drug-likeness (QED) is 0.632. The van der Waals surface area contributed by atoms with E-state index in [0.29, 0.717) is 5.41 Å². The lowest BCUT2D eigenvalue weighted by Crippen LogP contribution is -2.40. The SMILES string of the molecule is C#CC(NC)C1(CC)CCCC1. The molecule has 1 fully saturated rings. The molecule has 12 heavy (non-hydrogen) atoms. The fourth-order valence-corrected chi connectivity index (χ4v) is 2.49. The number of nitrogens with one attached hydrogen (secondary N) is 1. The third-order valence-corrected chi connectivity index (χ3v) is 3.37. The second kappa shape index (κ2) is 3.96. The summed E-state index contributed by atoms with van der Waals surface area (Å²) in [6, 6.07) is 0.282.